The molecule has 0 unspecified atom stereocenters. The summed E-state index contributed by atoms with van der Waals surface area (Å²) >= 11 is 0. The molecule has 1 radical (unpaired) electrons. The van der Waals surface area contributed by atoms with Gasteiger partial charge in [-0.1, -0.05) is 78.9 Å². The van der Waals surface area contributed by atoms with Crippen molar-refractivity contribution in [3.63, 3.8) is 0 Å². The molecule has 8 rings (SSSR count). The Labute approximate surface area is 275 Å². The molecule has 0 bridgehead atoms. The monoisotopic (exact) mass is 760 g/mol. The first-order chi connectivity index (χ1) is 21.7. The predicted molar refractivity (Wildman–Crippen MR) is 177 cm³/mol. The van der Waals surface area contributed by atoms with E-state index in [1.54, 1.807) is 12.3 Å². The van der Waals surface area contributed by atoms with Crippen LogP contribution in [-0.4, -0.2) is 14.5 Å². The summed E-state index contributed by atoms with van der Waals surface area (Å²) in [6.07, 6.45) is 3.69. The Balaban J connectivity index is 0.000000231. The normalized spacial score (nSPS) is 10.6. The van der Waals surface area contributed by atoms with Crippen molar-refractivity contribution in [2.45, 2.75) is 0 Å². The number of halogens is 1. The Morgan fingerprint density at radius 3 is 2.02 bits per heavy atom. The van der Waals surface area contributed by atoms with Crippen molar-refractivity contribution in [1.29, 1.82) is 0 Å². The average Bonchev–Trinajstić information content (AvgIpc) is 3.44. The minimum absolute atomic E-state index is 0. The van der Waals surface area contributed by atoms with Crippen LogP contribution in [0.25, 0.3) is 61.1 Å². The Hall–Kier alpha value is -5.22. The summed E-state index contributed by atoms with van der Waals surface area (Å²) in [6, 6.07) is 53.7. The van der Waals surface area contributed by atoms with E-state index in [0.717, 1.165) is 50.0 Å². The summed E-state index contributed by atoms with van der Waals surface area (Å²) < 4.78 is 15.6. The van der Waals surface area contributed by atoms with Gasteiger partial charge >= 0.3 is 0 Å². The second kappa shape index (κ2) is 13.6. The van der Waals surface area contributed by atoms with E-state index in [-0.39, 0.29) is 25.9 Å². The maximum atomic E-state index is 13.4. The first-order valence-electron chi connectivity index (χ1n) is 14.4. The molecule has 0 aliphatic carbocycles. The third-order valence-corrected chi connectivity index (χ3v) is 7.49. The molecule has 3 nitrogen and oxygen atoms in total. The third kappa shape index (κ3) is 6.37. The average molecular weight is 760 g/mol. The van der Waals surface area contributed by atoms with E-state index in [9.17, 15) is 4.39 Å². The standard InChI is InChI=1S/C29H18FN2.C11H8N.Ir/c30-23-14-10-22(11-15-23)27-18-29-26(19-31-27)25-8-4-5-9-28(25)32(29)24-16-12-21(13-17-24)20-6-2-1-3-7-20;1-2-6-10(7-3-1)11-8-4-5-9-12-11;/h1-10,12-19H;1-6,8-9H;/q2*-1;. The van der Waals surface area contributed by atoms with Crippen molar-refractivity contribution in [1.82, 2.24) is 14.5 Å². The fourth-order valence-electron chi connectivity index (χ4n) is 5.36. The fraction of sp³-hybridized carbons (Fsp3) is 0. The quantitative estimate of drug-likeness (QED) is 0.167. The number of aromatic nitrogens is 3. The van der Waals surface area contributed by atoms with Gasteiger partial charge in [0.1, 0.15) is 0 Å². The molecule has 0 aliphatic rings. The number of benzene rings is 5. The van der Waals surface area contributed by atoms with Gasteiger partial charge in [0.05, 0.1) is 5.52 Å². The summed E-state index contributed by atoms with van der Waals surface area (Å²) in [5.41, 5.74) is 9.18. The van der Waals surface area contributed by atoms with E-state index in [4.69, 9.17) is 0 Å². The van der Waals surface area contributed by atoms with E-state index in [0.29, 0.717) is 0 Å². The second-order valence-corrected chi connectivity index (χ2v) is 10.3. The maximum absolute atomic E-state index is 13.4. The van der Waals surface area contributed by atoms with Crippen LogP contribution in [0.5, 0.6) is 0 Å². The van der Waals surface area contributed by atoms with Crippen LogP contribution in [0.15, 0.2) is 158 Å². The Morgan fingerprint density at radius 1 is 0.556 bits per heavy atom. The van der Waals surface area contributed by atoms with Gasteiger partial charge in [0.15, 0.2) is 0 Å². The van der Waals surface area contributed by atoms with Crippen LogP contribution in [0.2, 0.25) is 0 Å². The molecule has 45 heavy (non-hydrogen) atoms. The van der Waals surface area contributed by atoms with Crippen molar-refractivity contribution >= 4 is 21.8 Å². The van der Waals surface area contributed by atoms with Gasteiger partial charge in [-0.25, -0.2) is 0 Å². The molecule has 0 N–H and O–H groups in total. The zero-order valence-corrected chi connectivity index (χ0v) is 26.5. The van der Waals surface area contributed by atoms with Crippen molar-refractivity contribution in [2.24, 2.45) is 0 Å². The SMILES string of the molecule is Fc1c[c-]c(-c2cc3c(cn2)c2ccccc2n3-c2ccc(-c3ccccc3)cc2)cc1.[Ir].[c-]1ccccc1-c1ccccn1. The molecule has 0 spiro atoms. The number of hydrogen-bond donors (Lipinski definition) is 0. The van der Waals surface area contributed by atoms with Crippen LogP contribution in [0, 0.1) is 17.9 Å². The molecule has 3 aromatic heterocycles. The van der Waals surface area contributed by atoms with Gasteiger partial charge in [-0.2, -0.15) is 0 Å². The smallest absolute Gasteiger partial charge is 0.0541 e. The van der Waals surface area contributed by atoms with Crippen molar-refractivity contribution in [2.75, 3.05) is 0 Å². The molecule has 0 aliphatic heterocycles. The van der Waals surface area contributed by atoms with Gasteiger partial charge < -0.3 is 14.5 Å². The molecule has 0 atom stereocenters. The summed E-state index contributed by atoms with van der Waals surface area (Å²) in [6.45, 7) is 0. The molecule has 8 aromatic rings. The molecule has 0 amide bonds. The zero-order chi connectivity index (χ0) is 29.7. The number of nitrogens with zero attached hydrogens (tertiary/aromatic N) is 3. The molecule has 0 fully saturated rings. The number of para-hydroxylation sites is 1. The van der Waals surface area contributed by atoms with Gasteiger partial charge in [-0.05, 0) is 46.8 Å². The summed E-state index contributed by atoms with van der Waals surface area (Å²) in [5.74, 6) is -0.303. The van der Waals surface area contributed by atoms with E-state index in [2.05, 4.69) is 99.5 Å². The molecule has 5 aromatic carbocycles. The Kier molecular flexibility index (Phi) is 9.02. The van der Waals surface area contributed by atoms with E-state index in [1.807, 2.05) is 60.8 Å². The zero-order valence-electron chi connectivity index (χ0n) is 24.1. The molecule has 0 saturated carbocycles. The van der Waals surface area contributed by atoms with Gasteiger partial charge in [0.25, 0.3) is 0 Å². The van der Waals surface area contributed by atoms with Gasteiger partial charge in [-0.15, -0.1) is 65.7 Å². The van der Waals surface area contributed by atoms with Crippen molar-refractivity contribution in [3.05, 3.63) is 176 Å². The predicted octanol–water partition coefficient (Wildman–Crippen LogP) is 10.00. The Morgan fingerprint density at radius 2 is 1.29 bits per heavy atom. The van der Waals surface area contributed by atoms with Crippen LogP contribution < -0.4 is 0 Å². The van der Waals surface area contributed by atoms with Crippen LogP contribution in [-0.2, 0) is 20.1 Å². The van der Waals surface area contributed by atoms with Crippen molar-refractivity contribution < 1.29 is 24.5 Å². The summed E-state index contributed by atoms with van der Waals surface area (Å²) in [4.78, 5) is 8.87. The van der Waals surface area contributed by atoms with Crippen LogP contribution in [0.1, 0.15) is 0 Å². The minimum atomic E-state index is -0.303. The van der Waals surface area contributed by atoms with Gasteiger partial charge in [-0.3, -0.25) is 4.39 Å². The third-order valence-electron chi connectivity index (χ3n) is 7.49. The van der Waals surface area contributed by atoms with Gasteiger partial charge in [0, 0.05) is 60.3 Å². The number of rotatable bonds is 4. The molecular formula is C40H26FIrN3-2. The first-order valence-corrected chi connectivity index (χ1v) is 14.4. The molecule has 5 heteroatoms. The number of hydrogen-bond acceptors (Lipinski definition) is 2. The van der Waals surface area contributed by atoms with Crippen LogP contribution >= 0.6 is 0 Å². The molecule has 0 saturated heterocycles. The van der Waals surface area contributed by atoms with Crippen LogP contribution in [0.4, 0.5) is 4.39 Å². The minimum Gasteiger partial charge on any atom is -0.310 e. The topological polar surface area (TPSA) is 30.7 Å². The summed E-state index contributed by atoms with van der Waals surface area (Å²) in [7, 11) is 0. The number of pyridine rings is 2. The van der Waals surface area contributed by atoms with E-state index >= 15 is 0 Å². The molecular weight excluding hydrogens is 734 g/mol. The largest absolute Gasteiger partial charge is 0.310 e. The number of fused-ring (bicyclic) bond motifs is 3. The van der Waals surface area contributed by atoms with E-state index in [1.165, 1.54) is 23.3 Å². The van der Waals surface area contributed by atoms with E-state index < -0.39 is 0 Å². The summed E-state index contributed by atoms with van der Waals surface area (Å²) in [5, 5.41) is 2.23. The first kappa shape index (κ1) is 29.8. The Bertz CT molecular complexity index is 2110. The fourth-order valence-corrected chi connectivity index (χ4v) is 5.36. The van der Waals surface area contributed by atoms with Gasteiger partial charge in [0.2, 0.25) is 0 Å². The molecule has 3 heterocycles. The second-order valence-electron chi connectivity index (χ2n) is 10.3. The maximum Gasteiger partial charge on any atom is 0.0541 e. The molecule has 219 valence electrons. The van der Waals surface area contributed by atoms with Crippen molar-refractivity contribution in [3.8, 4) is 39.3 Å². The van der Waals surface area contributed by atoms with Crippen LogP contribution in [0.3, 0.4) is 0 Å².